The first kappa shape index (κ1) is 22.9. The lowest BCUT2D eigenvalue weighted by molar-refractivity contribution is 0.0697. The third kappa shape index (κ3) is 4.30. The fourth-order valence-corrected chi connectivity index (χ4v) is 6.23. The first-order valence-corrected chi connectivity index (χ1v) is 12.7. The van der Waals surface area contributed by atoms with Gasteiger partial charge in [0.2, 0.25) is 0 Å². The van der Waals surface area contributed by atoms with Gasteiger partial charge in [-0.2, -0.15) is 0 Å². The summed E-state index contributed by atoms with van der Waals surface area (Å²) < 4.78 is 0. The molecular formula is C31H35NO2. The van der Waals surface area contributed by atoms with Crippen LogP contribution in [0.5, 0.6) is 0 Å². The van der Waals surface area contributed by atoms with Crippen LogP contribution in [-0.2, 0) is 0 Å². The minimum atomic E-state index is -0.872. The smallest absolute Gasteiger partial charge is 0.335 e. The van der Waals surface area contributed by atoms with E-state index in [1.54, 1.807) is 12.1 Å². The summed E-state index contributed by atoms with van der Waals surface area (Å²) in [6.07, 6.45) is 13.2. The summed E-state index contributed by atoms with van der Waals surface area (Å²) in [7, 11) is 0. The molecule has 1 fully saturated rings. The number of allylic oxidation sites excluding steroid dienone is 2. The molecule has 176 valence electrons. The lowest BCUT2D eigenvalue weighted by Gasteiger charge is -2.35. The third-order valence-electron chi connectivity index (χ3n) is 8.20. The maximum Gasteiger partial charge on any atom is 0.335 e. The molecule has 1 spiro atoms. The summed E-state index contributed by atoms with van der Waals surface area (Å²) in [5, 5.41) is 16.0. The molecule has 3 aromatic carbocycles. The van der Waals surface area contributed by atoms with Crippen molar-refractivity contribution in [1.29, 1.82) is 0 Å². The van der Waals surface area contributed by atoms with Gasteiger partial charge in [-0.1, -0.05) is 61.4 Å². The van der Waals surface area contributed by atoms with Gasteiger partial charge in [-0.25, -0.2) is 4.79 Å². The van der Waals surface area contributed by atoms with E-state index in [1.165, 1.54) is 65.1 Å². The van der Waals surface area contributed by atoms with Crippen LogP contribution in [0.25, 0.3) is 10.8 Å². The van der Waals surface area contributed by atoms with Crippen LogP contribution in [0.1, 0.15) is 89.6 Å². The molecule has 0 amide bonds. The average Bonchev–Trinajstić information content (AvgIpc) is 3.27. The van der Waals surface area contributed by atoms with Gasteiger partial charge >= 0.3 is 5.97 Å². The third-order valence-corrected chi connectivity index (χ3v) is 8.20. The number of hydrogen-bond donors (Lipinski definition) is 2. The van der Waals surface area contributed by atoms with Gasteiger partial charge in [0.15, 0.2) is 0 Å². The molecule has 1 aliphatic carbocycles. The SMILES string of the molecule is Cc1ccc(C)c2cc(C3NC(c4ccc(C(=O)O)cc4)CC34C/C=C\CCCCC4)ccc12. The Morgan fingerprint density at radius 3 is 2.38 bits per heavy atom. The number of benzene rings is 3. The predicted octanol–water partition coefficient (Wildman–Crippen LogP) is 7.83. The van der Waals surface area contributed by atoms with Gasteiger partial charge < -0.3 is 10.4 Å². The predicted molar refractivity (Wildman–Crippen MR) is 139 cm³/mol. The van der Waals surface area contributed by atoms with Crippen LogP contribution in [0, 0.1) is 19.3 Å². The summed E-state index contributed by atoms with van der Waals surface area (Å²) in [6.45, 7) is 4.40. The molecule has 3 heteroatoms. The molecule has 0 radical (unpaired) electrons. The van der Waals surface area contributed by atoms with Crippen molar-refractivity contribution in [3.8, 4) is 0 Å². The maximum atomic E-state index is 11.4. The highest BCUT2D eigenvalue weighted by Gasteiger charge is 2.47. The molecular weight excluding hydrogens is 418 g/mol. The Bertz CT molecular complexity index is 1230. The number of carboxylic acids is 1. The average molecular weight is 454 g/mol. The largest absolute Gasteiger partial charge is 0.478 e. The summed E-state index contributed by atoms with van der Waals surface area (Å²) in [4.78, 5) is 11.4. The second-order valence-electron chi connectivity index (χ2n) is 10.4. The van der Waals surface area contributed by atoms with Crippen molar-refractivity contribution in [1.82, 2.24) is 5.32 Å². The van der Waals surface area contributed by atoms with Crippen LogP contribution < -0.4 is 5.32 Å². The van der Waals surface area contributed by atoms with E-state index >= 15 is 0 Å². The topological polar surface area (TPSA) is 49.3 Å². The Balaban J connectivity index is 1.56. The van der Waals surface area contributed by atoms with Crippen LogP contribution in [0.4, 0.5) is 0 Å². The zero-order chi connectivity index (χ0) is 23.7. The van der Waals surface area contributed by atoms with Gasteiger partial charge in [0, 0.05) is 12.1 Å². The van der Waals surface area contributed by atoms with E-state index in [-0.39, 0.29) is 17.5 Å². The molecule has 3 aromatic rings. The van der Waals surface area contributed by atoms with Gasteiger partial charge in [0.05, 0.1) is 5.56 Å². The minimum absolute atomic E-state index is 0.155. The molecule has 0 aromatic heterocycles. The summed E-state index contributed by atoms with van der Waals surface area (Å²) in [5.41, 5.74) is 5.70. The number of carboxylic acid groups (broad SMARTS) is 1. The van der Waals surface area contributed by atoms with Crippen LogP contribution in [0.2, 0.25) is 0 Å². The zero-order valence-corrected chi connectivity index (χ0v) is 20.3. The van der Waals surface area contributed by atoms with Gasteiger partial charge in [0.25, 0.3) is 0 Å². The van der Waals surface area contributed by atoms with Crippen LogP contribution in [-0.4, -0.2) is 11.1 Å². The fraction of sp³-hybridized carbons (Fsp3) is 0.387. The molecule has 0 bridgehead atoms. The lowest BCUT2D eigenvalue weighted by Crippen LogP contribution is -2.29. The van der Waals surface area contributed by atoms with E-state index in [0.29, 0.717) is 5.56 Å². The van der Waals surface area contributed by atoms with Crippen molar-refractivity contribution >= 4 is 16.7 Å². The van der Waals surface area contributed by atoms with Crippen molar-refractivity contribution in [2.24, 2.45) is 5.41 Å². The zero-order valence-electron chi connectivity index (χ0n) is 20.3. The number of aromatic carboxylic acids is 1. The molecule has 3 unspecified atom stereocenters. The first-order valence-electron chi connectivity index (χ1n) is 12.7. The first-order chi connectivity index (χ1) is 16.5. The van der Waals surface area contributed by atoms with Gasteiger partial charge in [-0.3, -0.25) is 0 Å². The molecule has 5 rings (SSSR count). The molecule has 0 saturated carbocycles. The van der Waals surface area contributed by atoms with E-state index in [0.717, 1.165) is 12.8 Å². The molecule has 1 aliphatic heterocycles. The second-order valence-corrected chi connectivity index (χ2v) is 10.4. The Hall–Kier alpha value is -2.91. The van der Waals surface area contributed by atoms with Gasteiger partial charge in [-0.15, -0.1) is 0 Å². The Kier molecular flexibility index (Phi) is 6.31. The van der Waals surface area contributed by atoms with Crippen molar-refractivity contribution < 1.29 is 9.90 Å². The molecule has 1 saturated heterocycles. The van der Waals surface area contributed by atoms with Crippen molar-refractivity contribution in [2.45, 2.75) is 70.9 Å². The number of carbonyl (C=O) groups is 1. The molecule has 34 heavy (non-hydrogen) atoms. The number of hydrogen-bond acceptors (Lipinski definition) is 2. The molecule has 2 N–H and O–H groups in total. The fourth-order valence-electron chi connectivity index (χ4n) is 6.23. The molecule has 3 nitrogen and oxygen atoms in total. The van der Waals surface area contributed by atoms with Crippen LogP contribution >= 0.6 is 0 Å². The Morgan fingerprint density at radius 1 is 0.882 bits per heavy atom. The second kappa shape index (κ2) is 9.38. The molecule has 1 heterocycles. The van der Waals surface area contributed by atoms with Crippen LogP contribution in [0.3, 0.4) is 0 Å². The lowest BCUT2D eigenvalue weighted by atomic mass is 9.70. The van der Waals surface area contributed by atoms with E-state index < -0.39 is 5.97 Å². The quantitative estimate of drug-likeness (QED) is 0.397. The molecule has 3 atom stereocenters. The highest BCUT2D eigenvalue weighted by Crippen LogP contribution is 2.54. The monoisotopic (exact) mass is 453 g/mol. The van der Waals surface area contributed by atoms with Crippen LogP contribution in [0.15, 0.2) is 66.7 Å². The maximum absolute atomic E-state index is 11.4. The highest BCUT2D eigenvalue weighted by atomic mass is 16.4. The summed E-state index contributed by atoms with van der Waals surface area (Å²) >= 11 is 0. The number of fused-ring (bicyclic) bond motifs is 1. The van der Waals surface area contributed by atoms with Crippen molar-refractivity contribution in [3.63, 3.8) is 0 Å². The standard InChI is InChI=1S/C31H35NO2/c1-21-9-10-22(2)27-19-25(15-16-26(21)27)29-31(17-7-5-3-4-6-8-18-31)20-28(32-29)23-11-13-24(14-12-23)30(33)34/h5,7,9-16,19,28-29,32H,3-4,6,8,17-18,20H2,1-2H3,(H,33,34)/b7-5-. The summed E-state index contributed by atoms with van der Waals surface area (Å²) in [5.74, 6) is -0.872. The normalized spacial score (nSPS) is 26.2. The number of rotatable bonds is 3. The number of nitrogens with one attached hydrogen (secondary N) is 1. The molecule has 2 aliphatic rings. The van der Waals surface area contributed by atoms with E-state index in [1.807, 2.05) is 12.1 Å². The van der Waals surface area contributed by atoms with E-state index in [2.05, 4.69) is 61.6 Å². The Labute approximate surface area is 202 Å². The highest BCUT2D eigenvalue weighted by molar-refractivity contribution is 5.89. The minimum Gasteiger partial charge on any atom is -0.478 e. The van der Waals surface area contributed by atoms with Crippen molar-refractivity contribution in [2.75, 3.05) is 0 Å². The van der Waals surface area contributed by atoms with Gasteiger partial charge in [-0.05, 0) is 103 Å². The van der Waals surface area contributed by atoms with Crippen molar-refractivity contribution in [3.05, 3.63) is 94.6 Å². The van der Waals surface area contributed by atoms with E-state index in [4.69, 9.17) is 0 Å². The number of aryl methyl sites for hydroxylation is 2. The Morgan fingerprint density at radius 2 is 1.62 bits per heavy atom. The van der Waals surface area contributed by atoms with E-state index in [9.17, 15) is 9.90 Å². The van der Waals surface area contributed by atoms with Gasteiger partial charge in [0.1, 0.15) is 0 Å². The summed E-state index contributed by atoms with van der Waals surface area (Å²) in [6, 6.07) is 19.5.